The predicted octanol–water partition coefficient (Wildman–Crippen LogP) is 2.06. The van der Waals surface area contributed by atoms with Gasteiger partial charge >= 0.3 is 6.03 Å². The van der Waals surface area contributed by atoms with Gasteiger partial charge in [0.05, 0.1) is 0 Å². The number of carbonyl (C=O) groups is 1. The quantitative estimate of drug-likeness (QED) is 0.835. The summed E-state index contributed by atoms with van der Waals surface area (Å²) in [6.07, 6.45) is 7.36. The molecule has 0 saturated carbocycles. The van der Waals surface area contributed by atoms with E-state index in [0.29, 0.717) is 6.04 Å². The van der Waals surface area contributed by atoms with E-state index in [9.17, 15) is 4.79 Å². The zero-order valence-corrected chi connectivity index (χ0v) is 11.7. The molecule has 1 atom stereocenters. The predicted molar refractivity (Wildman–Crippen MR) is 73.7 cm³/mol. The molecule has 0 bridgehead atoms. The molecule has 2 heterocycles. The van der Waals surface area contributed by atoms with Crippen LogP contribution in [0.2, 0.25) is 0 Å². The van der Waals surface area contributed by atoms with Gasteiger partial charge in [-0.1, -0.05) is 12.8 Å². The molecule has 0 aliphatic carbocycles. The number of carbonyl (C=O) groups excluding carboxylic acids is 1. The van der Waals surface area contributed by atoms with E-state index < -0.39 is 0 Å². The topological polar surface area (TPSA) is 35.6 Å². The summed E-state index contributed by atoms with van der Waals surface area (Å²) in [5.41, 5.74) is 0. The standard InChI is InChI=1S/C14H27N3O/c1-2-16(12-13-8-7-9-15-13)14(18)17-10-5-3-4-6-11-17/h13,15H,2-12H2,1H3. The maximum atomic E-state index is 12.5. The Bertz CT molecular complexity index is 256. The first-order valence-corrected chi connectivity index (χ1v) is 7.58. The van der Waals surface area contributed by atoms with Gasteiger partial charge in [0.1, 0.15) is 0 Å². The highest BCUT2D eigenvalue weighted by atomic mass is 16.2. The van der Waals surface area contributed by atoms with Crippen LogP contribution in [0.1, 0.15) is 45.4 Å². The Hall–Kier alpha value is -0.770. The third kappa shape index (κ3) is 3.61. The molecule has 2 aliphatic rings. The molecule has 4 heteroatoms. The number of hydrogen-bond acceptors (Lipinski definition) is 2. The second-order valence-corrected chi connectivity index (χ2v) is 5.52. The third-order valence-corrected chi connectivity index (χ3v) is 4.13. The van der Waals surface area contributed by atoms with Crippen molar-refractivity contribution in [2.45, 2.75) is 51.5 Å². The largest absolute Gasteiger partial charge is 0.325 e. The van der Waals surface area contributed by atoms with Crippen LogP contribution in [-0.4, -0.2) is 54.6 Å². The first-order chi connectivity index (χ1) is 8.81. The number of likely N-dealkylation sites (tertiary alicyclic amines) is 1. The Labute approximate surface area is 111 Å². The summed E-state index contributed by atoms with van der Waals surface area (Å²) in [4.78, 5) is 16.6. The smallest absolute Gasteiger partial charge is 0.320 e. The average Bonchev–Trinajstić information content (AvgIpc) is 2.75. The van der Waals surface area contributed by atoms with Crippen molar-refractivity contribution in [3.05, 3.63) is 0 Å². The van der Waals surface area contributed by atoms with E-state index in [-0.39, 0.29) is 6.03 Å². The molecule has 18 heavy (non-hydrogen) atoms. The molecule has 2 aliphatic heterocycles. The van der Waals surface area contributed by atoms with Crippen LogP contribution in [0.5, 0.6) is 0 Å². The maximum absolute atomic E-state index is 12.5. The second-order valence-electron chi connectivity index (χ2n) is 5.52. The molecule has 1 unspecified atom stereocenters. The van der Waals surface area contributed by atoms with E-state index >= 15 is 0 Å². The van der Waals surface area contributed by atoms with Crippen LogP contribution < -0.4 is 5.32 Å². The lowest BCUT2D eigenvalue weighted by Crippen LogP contribution is -2.48. The Morgan fingerprint density at radius 3 is 2.50 bits per heavy atom. The molecule has 0 spiro atoms. The molecule has 0 radical (unpaired) electrons. The summed E-state index contributed by atoms with van der Waals surface area (Å²) in [7, 11) is 0. The number of nitrogens with one attached hydrogen (secondary N) is 1. The Morgan fingerprint density at radius 2 is 1.94 bits per heavy atom. The fraction of sp³-hybridized carbons (Fsp3) is 0.929. The number of rotatable bonds is 3. The molecule has 2 rings (SSSR count). The minimum absolute atomic E-state index is 0.258. The normalized spacial score (nSPS) is 24.9. The Balaban J connectivity index is 1.86. The number of nitrogens with zero attached hydrogens (tertiary/aromatic N) is 2. The summed E-state index contributed by atoms with van der Waals surface area (Å²) in [6, 6.07) is 0.772. The number of likely N-dealkylation sites (N-methyl/N-ethyl adjacent to an activating group) is 1. The van der Waals surface area contributed by atoms with Gasteiger partial charge in [-0.05, 0) is 39.2 Å². The van der Waals surface area contributed by atoms with Crippen molar-refractivity contribution in [1.82, 2.24) is 15.1 Å². The van der Waals surface area contributed by atoms with Crippen molar-refractivity contribution in [3.8, 4) is 0 Å². The molecule has 0 aromatic rings. The molecule has 0 aromatic carbocycles. The minimum atomic E-state index is 0.258. The SMILES string of the molecule is CCN(CC1CCCN1)C(=O)N1CCCCCC1. The molecule has 2 amide bonds. The highest BCUT2D eigenvalue weighted by Gasteiger charge is 2.24. The fourth-order valence-corrected chi connectivity index (χ4v) is 2.98. The minimum Gasteiger partial charge on any atom is -0.325 e. The molecular weight excluding hydrogens is 226 g/mol. The number of urea groups is 1. The summed E-state index contributed by atoms with van der Waals surface area (Å²) < 4.78 is 0. The van der Waals surface area contributed by atoms with Crippen LogP contribution >= 0.6 is 0 Å². The van der Waals surface area contributed by atoms with Crippen molar-refractivity contribution in [3.63, 3.8) is 0 Å². The van der Waals surface area contributed by atoms with Gasteiger partial charge in [-0.3, -0.25) is 0 Å². The van der Waals surface area contributed by atoms with Gasteiger partial charge in [-0.15, -0.1) is 0 Å². The second kappa shape index (κ2) is 6.98. The van der Waals surface area contributed by atoms with Gasteiger partial charge in [0, 0.05) is 32.2 Å². The summed E-state index contributed by atoms with van der Waals surface area (Å²) in [5.74, 6) is 0. The van der Waals surface area contributed by atoms with Crippen LogP contribution in [-0.2, 0) is 0 Å². The van der Waals surface area contributed by atoms with Crippen LogP contribution in [0.25, 0.3) is 0 Å². The average molecular weight is 253 g/mol. The molecule has 104 valence electrons. The zero-order valence-electron chi connectivity index (χ0n) is 11.7. The van der Waals surface area contributed by atoms with Gasteiger partial charge < -0.3 is 15.1 Å². The number of amides is 2. The van der Waals surface area contributed by atoms with E-state index in [1.54, 1.807) is 0 Å². The van der Waals surface area contributed by atoms with E-state index in [1.165, 1.54) is 38.5 Å². The molecule has 2 fully saturated rings. The lowest BCUT2D eigenvalue weighted by atomic mass is 10.2. The molecule has 2 saturated heterocycles. The highest BCUT2D eigenvalue weighted by Crippen LogP contribution is 2.13. The first-order valence-electron chi connectivity index (χ1n) is 7.58. The molecular formula is C14H27N3O. The van der Waals surface area contributed by atoms with Gasteiger partial charge in [0.15, 0.2) is 0 Å². The fourth-order valence-electron chi connectivity index (χ4n) is 2.98. The Morgan fingerprint density at radius 1 is 1.22 bits per heavy atom. The van der Waals surface area contributed by atoms with Crippen molar-refractivity contribution < 1.29 is 4.79 Å². The van der Waals surface area contributed by atoms with Crippen molar-refractivity contribution in [1.29, 1.82) is 0 Å². The molecule has 0 aromatic heterocycles. The monoisotopic (exact) mass is 253 g/mol. The van der Waals surface area contributed by atoms with E-state index in [0.717, 1.165) is 32.7 Å². The van der Waals surface area contributed by atoms with Gasteiger partial charge in [0.25, 0.3) is 0 Å². The third-order valence-electron chi connectivity index (χ3n) is 4.13. The Kier molecular flexibility index (Phi) is 5.29. The van der Waals surface area contributed by atoms with E-state index in [4.69, 9.17) is 0 Å². The number of hydrogen-bond donors (Lipinski definition) is 1. The van der Waals surface area contributed by atoms with Gasteiger partial charge in [-0.25, -0.2) is 4.79 Å². The van der Waals surface area contributed by atoms with Crippen LogP contribution in [0.4, 0.5) is 4.79 Å². The van der Waals surface area contributed by atoms with Gasteiger partial charge in [-0.2, -0.15) is 0 Å². The van der Waals surface area contributed by atoms with Crippen LogP contribution in [0, 0.1) is 0 Å². The lowest BCUT2D eigenvalue weighted by Gasteiger charge is -2.31. The van der Waals surface area contributed by atoms with Crippen LogP contribution in [0.3, 0.4) is 0 Å². The van der Waals surface area contributed by atoms with Crippen molar-refractivity contribution in [2.24, 2.45) is 0 Å². The van der Waals surface area contributed by atoms with E-state index in [2.05, 4.69) is 17.1 Å². The summed E-state index contributed by atoms with van der Waals surface area (Å²) in [5, 5.41) is 3.48. The highest BCUT2D eigenvalue weighted by molar-refractivity contribution is 5.74. The zero-order chi connectivity index (χ0) is 12.8. The summed E-state index contributed by atoms with van der Waals surface area (Å²) in [6.45, 7) is 6.81. The molecule has 1 N–H and O–H groups in total. The first kappa shape index (κ1) is 13.7. The summed E-state index contributed by atoms with van der Waals surface area (Å²) >= 11 is 0. The van der Waals surface area contributed by atoms with Crippen molar-refractivity contribution in [2.75, 3.05) is 32.7 Å². The van der Waals surface area contributed by atoms with Crippen LogP contribution in [0.15, 0.2) is 0 Å². The molecule has 4 nitrogen and oxygen atoms in total. The maximum Gasteiger partial charge on any atom is 0.320 e. The lowest BCUT2D eigenvalue weighted by molar-refractivity contribution is 0.152. The van der Waals surface area contributed by atoms with Gasteiger partial charge in [0.2, 0.25) is 0 Å². The van der Waals surface area contributed by atoms with E-state index in [1.807, 2.05) is 4.90 Å². The van der Waals surface area contributed by atoms with Crippen molar-refractivity contribution >= 4 is 6.03 Å².